The molecule has 0 amide bonds. The second kappa shape index (κ2) is 5.57. The van der Waals surface area contributed by atoms with Gasteiger partial charge in [0.15, 0.2) is 0 Å². The predicted octanol–water partition coefficient (Wildman–Crippen LogP) is 3.31. The van der Waals surface area contributed by atoms with Gasteiger partial charge in [0.25, 0.3) is 0 Å². The van der Waals surface area contributed by atoms with Crippen molar-refractivity contribution in [2.24, 2.45) is 0 Å². The lowest BCUT2D eigenvalue weighted by molar-refractivity contribution is 0.405. The Bertz CT molecular complexity index is 286. The highest BCUT2D eigenvalue weighted by atomic mass is 32.2. The maximum Gasteiger partial charge on any atom is 0.0248 e. The predicted molar refractivity (Wildman–Crippen MR) is 67.4 cm³/mol. The molecule has 0 radical (unpaired) electrons. The third-order valence-electron chi connectivity index (χ3n) is 3.10. The van der Waals surface area contributed by atoms with Crippen LogP contribution in [0.3, 0.4) is 0 Å². The van der Waals surface area contributed by atoms with E-state index in [4.69, 9.17) is 0 Å². The molecule has 2 atom stereocenters. The van der Waals surface area contributed by atoms with E-state index in [-0.39, 0.29) is 0 Å². The van der Waals surface area contributed by atoms with Crippen LogP contribution in [0.4, 0.5) is 0 Å². The van der Waals surface area contributed by atoms with Crippen molar-refractivity contribution in [2.75, 3.05) is 7.05 Å². The summed E-state index contributed by atoms with van der Waals surface area (Å²) >= 11 is 2.03. The van der Waals surface area contributed by atoms with E-state index in [1.165, 1.54) is 30.6 Å². The first-order chi connectivity index (χ1) is 7.40. The second-order valence-electron chi connectivity index (χ2n) is 4.15. The number of hydrogen-bond donors (Lipinski definition) is 1. The number of hydrogen-bond acceptors (Lipinski definition) is 2. The normalized spacial score (nSPS) is 26.5. The van der Waals surface area contributed by atoms with Gasteiger partial charge in [-0.25, -0.2) is 0 Å². The maximum absolute atomic E-state index is 3.45. The molecule has 0 bridgehead atoms. The molecular weight excluding hydrogens is 202 g/mol. The van der Waals surface area contributed by atoms with E-state index in [1.54, 1.807) is 0 Å². The second-order valence-corrected chi connectivity index (χ2v) is 5.46. The van der Waals surface area contributed by atoms with Crippen molar-refractivity contribution in [2.45, 2.75) is 41.9 Å². The molecule has 82 valence electrons. The molecular formula is C13H19NS. The Labute approximate surface area is 96.7 Å². The highest BCUT2D eigenvalue weighted by Crippen LogP contribution is 2.33. The van der Waals surface area contributed by atoms with Gasteiger partial charge < -0.3 is 5.32 Å². The molecule has 1 aromatic carbocycles. The smallest absolute Gasteiger partial charge is 0.0248 e. The molecule has 1 aliphatic rings. The third-order valence-corrected chi connectivity index (χ3v) is 4.52. The first-order valence-corrected chi connectivity index (χ1v) is 6.67. The highest BCUT2D eigenvalue weighted by Gasteiger charge is 2.24. The summed E-state index contributed by atoms with van der Waals surface area (Å²) in [6, 6.07) is 11.5. The summed E-state index contributed by atoms with van der Waals surface area (Å²) in [6.45, 7) is 0. The van der Waals surface area contributed by atoms with Crippen LogP contribution in [0.15, 0.2) is 35.2 Å². The van der Waals surface area contributed by atoms with E-state index >= 15 is 0 Å². The summed E-state index contributed by atoms with van der Waals surface area (Å²) < 4.78 is 0. The molecule has 2 unspecified atom stereocenters. The summed E-state index contributed by atoms with van der Waals surface area (Å²) in [5, 5.41) is 4.21. The molecule has 2 rings (SSSR count). The monoisotopic (exact) mass is 221 g/mol. The van der Waals surface area contributed by atoms with E-state index in [2.05, 4.69) is 42.7 Å². The van der Waals surface area contributed by atoms with Gasteiger partial charge in [-0.05, 0) is 32.0 Å². The SMILES string of the molecule is CNC1CCCCC1Sc1ccccc1. The van der Waals surface area contributed by atoms with E-state index < -0.39 is 0 Å². The molecule has 15 heavy (non-hydrogen) atoms. The summed E-state index contributed by atoms with van der Waals surface area (Å²) in [5.74, 6) is 0. The lowest BCUT2D eigenvalue weighted by atomic mass is 9.95. The fourth-order valence-electron chi connectivity index (χ4n) is 2.24. The van der Waals surface area contributed by atoms with Crippen molar-refractivity contribution < 1.29 is 0 Å². The summed E-state index contributed by atoms with van der Waals surface area (Å²) in [6.07, 6.45) is 5.46. The van der Waals surface area contributed by atoms with Crippen molar-refractivity contribution in [3.05, 3.63) is 30.3 Å². The van der Waals surface area contributed by atoms with Crippen molar-refractivity contribution in [3.63, 3.8) is 0 Å². The van der Waals surface area contributed by atoms with Gasteiger partial charge in [-0.1, -0.05) is 31.0 Å². The first-order valence-electron chi connectivity index (χ1n) is 5.79. The number of thioether (sulfide) groups is 1. The van der Waals surface area contributed by atoms with Crippen LogP contribution in [0.2, 0.25) is 0 Å². The van der Waals surface area contributed by atoms with Crippen LogP contribution >= 0.6 is 11.8 Å². The summed E-state index contributed by atoms with van der Waals surface area (Å²) in [5.41, 5.74) is 0. The van der Waals surface area contributed by atoms with Crippen LogP contribution < -0.4 is 5.32 Å². The lowest BCUT2D eigenvalue weighted by Gasteiger charge is -2.30. The van der Waals surface area contributed by atoms with Crippen LogP contribution in [0.25, 0.3) is 0 Å². The number of rotatable bonds is 3. The average molecular weight is 221 g/mol. The van der Waals surface area contributed by atoms with E-state index in [0.717, 1.165) is 5.25 Å². The van der Waals surface area contributed by atoms with Crippen LogP contribution in [0.5, 0.6) is 0 Å². The van der Waals surface area contributed by atoms with Crippen LogP contribution in [0, 0.1) is 0 Å². The molecule has 0 aliphatic heterocycles. The summed E-state index contributed by atoms with van der Waals surface area (Å²) in [7, 11) is 2.09. The minimum Gasteiger partial charge on any atom is -0.316 e. The topological polar surface area (TPSA) is 12.0 Å². The van der Waals surface area contributed by atoms with Crippen LogP contribution in [-0.2, 0) is 0 Å². The lowest BCUT2D eigenvalue weighted by Crippen LogP contribution is -2.38. The first kappa shape index (κ1) is 11.0. The van der Waals surface area contributed by atoms with Crippen LogP contribution in [-0.4, -0.2) is 18.3 Å². The zero-order chi connectivity index (χ0) is 10.5. The van der Waals surface area contributed by atoms with Gasteiger partial charge in [0.1, 0.15) is 0 Å². The fourth-order valence-corrected chi connectivity index (χ4v) is 3.63. The third kappa shape index (κ3) is 2.99. The minimum atomic E-state index is 0.698. The molecule has 2 heteroatoms. The van der Waals surface area contributed by atoms with Crippen molar-refractivity contribution in [3.8, 4) is 0 Å². The van der Waals surface area contributed by atoms with Gasteiger partial charge in [-0.15, -0.1) is 11.8 Å². The molecule has 0 aromatic heterocycles. The van der Waals surface area contributed by atoms with Crippen molar-refractivity contribution >= 4 is 11.8 Å². The Kier molecular flexibility index (Phi) is 4.09. The Balaban J connectivity index is 1.97. The molecule has 1 aliphatic carbocycles. The van der Waals surface area contributed by atoms with Gasteiger partial charge in [-0.2, -0.15) is 0 Å². The summed E-state index contributed by atoms with van der Waals surface area (Å²) in [4.78, 5) is 1.41. The molecule has 0 spiro atoms. The largest absolute Gasteiger partial charge is 0.316 e. The van der Waals surface area contributed by atoms with Crippen molar-refractivity contribution in [1.82, 2.24) is 5.32 Å². The van der Waals surface area contributed by atoms with E-state index in [9.17, 15) is 0 Å². The molecule has 1 saturated carbocycles. The minimum absolute atomic E-state index is 0.698. The van der Waals surface area contributed by atoms with E-state index in [1.807, 2.05) is 11.8 Å². The quantitative estimate of drug-likeness (QED) is 0.840. The Morgan fingerprint density at radius 1 is 1.13 bits per heavy atom. The fraction of sp³-hybridized carbons (Fsp3) is 0.538. The zero-order valence-corrected chi connectivity index (χ0v) is 10.1. The molecule has 1 N–H and O–H groups in total. The molecule has 1 fully saturated rings. The Hall–Kier alpha value is -0.470. The molecule has 0 saturated heterocycles. The average Bonchev–Trinajstić information content (AvgIpc) is 2.31. The molecule has 0 heterocycles. The standard InChI is InChI=1S/C13H19NS/c1-14-12-9-5-6-10-13(12)15-11-7-3-2-4-8-11/h2-4,7-8,12-14H,5-6,9-10H2,1H3. The van der Waals surface area contributed by atoms with Gasteiger partial charge in [0, 0.05) is 16.2 Å². The maximum atomic E-state index is 3.45. The number of benzene rings is 1. The van der Waals surface area contributed by atoms with Gasteiger partial charge in [-0.3, -0.25) is 0 Å². The number of nitrogens with one attached hydrogen (secondary N) is 1. The zero-order valence-electron chi connectivity index (χ0n) is 9.28. The van der Waals surface area contributed by atoms with Gasteiger partial charge >= 0.3 is 0 Å². The molecule has 1 aromatic rings. The Morgan fingerprint density at radius 2 is 1.87 bits per heavy atom. The molecule has 1 nitrogen and oxygen atoms in total. The van der Waals surface area contributed by atoms with E-state index in [0.29, 0.717) is 6.04 Å². The van der Waals surface area contributed by atoms with Gasteiger partial charge in [0.2, 0.25) is 0 Å². The van der Waals surface area contributed by atoms with Crippen molar-refractivity contribution in [1.29, 1.82) is 0 Å². The Morgan fingerprint density at radius 3 is 2.60 bits per heavy atom. The van der Waals surface area contributed by atoms with Gasteiger partial charge in [0.05, 0.1) is 0 Å². The van der Waals surface area contributed by atoms with Crippen LogP contribution in [0.1, 0.15) is 25.7 Å². The highest BCUT2D eigenvalue weighted by molar-refractivity contribution is 8.00.